The van der Waals surface area contributed by atoms with Crippen molar-refractivity contribution < 1.29 is 22.7 Å². The van der Waals surface area contributed by atoms with E-state index in [9.17, 15) is 18.0 Å². The lowest BCUT2D eigenvalue weighted by Gasteiger charge is -2.19. The minimum Gasteiger partial charge on any atom is -0.444 e. The molecule has 0 aliphatic rings. The van der Waals surface area contributed by atoms with Crippen molar-refractivity contribution in [3.05, 3.63) is 12.4 Å². The molecule has 0 spiro atoms. The van der Waals surface area contributed by atoms with E-state index in [0.29, 0.717) is 0 Å². The van der Waals surface area contributed by atoms with Gasteiger partial charge in [-0.05, 0) is 20.8 Å². The van der Waals surface area contributed by atoms with Gasteiger partial charge in [0.15, 0.2) is 0 Å². The van der Waals surface area contributed by atoms with Crippen LogP contribution in [0.3, 0.4) is 0 Å². The zero-order valence-corrected chi connectivity index (χ0v) is 10.9. The topological polar surface area (TPSA) is 56.1 Å². The average molecular weight is 279 g/mol. The SMILES string of the molecule is CC(C)(C)OC(=O)Nc1cnn(CCC(F)(F)F)c1. The first-order valence-corrected chi connectivity index (χ1v) is 5.64. The number of carbonyl (C=O) groups excluding carboxylic acids is 1. The van der Waals surface area contributed by atoms with Gasteiger partial charge < -0.3 is 4.74 Å². The summed E-state index contributed by atoms with van der Waals surface area (Å²) in [4.78, 5) is 11.4. The zero-order valence-electron chi connectivity index (χ0n) is 10.9. The molecule has 1 rings (SSSR count). The molecule has 0 atom stereocenters. The molecule has 0 aromatic carbocycles. The maximum atomic E-state index is 12.0. The molecule has 0 aliphatic carbocycles. The predicted octanol–water partition coefficient (Wildman–Crippen LogP) is 3.18. The fraction of sp³-hybridized carbons (Fsp3) is 0.636. The molecule has 1 aromatic rings. The smallest absolute Gasteiger partial charge is 0.412 e. The minimum absolute atomic E-state index is 0.288. The zero-order chi connectivity index (χ0) is 14.7. The molecule has 0 saturated carbocycles. The highest BCUT2D eigenvalue weighted by atomic mass is 19.4. The maximum Gasteiger partial charge on any atom is 0.412 e. The Bertz CT molecular complexity index is 435. The molecule has 1 aromatic heterocycles. The molecule has 0 unspecified atom stereocenters. The van der Waals surface area contributed by atoms with Crippen LogP contribution in [-0.2, 0) is 11.3 Å². The number of nitrogens with zero attached hydrogens (tertiary/aromatic N) is 2. The van der Waals surface area contributed by atoms with Crippen LogP contribution in [0.25, 0.3) is 0 Å². The summed E-state index contributed by atoms with van der Waals surface area (Å²) >= 11 is 0. The lowest BCUT2D eigenvalue weighted by molar-refractivity contribution is -0.137. The van der Waals surface area contributed by atoms with Crippen LogP contribution in [0.1, 0.15) is 27.2 Å². The quantitative estimate of drug-likeness (QED) is 0.924. The van der Waals surface area contributed by atoms with Gasteiger partial charge in [-0.2, -0.15) is 18.3 Å². The van der Waals surface area contributed by atoms with Crippen molar-refractivity contribution in [3.8, 4) is 0 Å². The number of alkyl halides is 3. The highest BCUT2D eigenvalue weighted by molar-refractivity contribution is 5.84. The van der Waals surface area contributed by atoms with E-state index in [1.165, 1.54) is 12.4 Å². The van der Waals surface area contributed by atoms with Crippen molar-refractivity contribution in [2.24, 2.45) is 0 Å². The number of nitrogens with one attached hydrogen (secondary N) is 1. The van der Waals surface area contributed by atoms with Gasteiger partial charge in [-0.3, -0.25) is 10.00 Å². The van der Waals surface area contributed by atoms with E-state index < -0.39 is 24.3 Å². The third kappa shape index (κ3) is 6.68. The number of aromatic nitrogens is 2. The number of ether oxygens (including phenoxy) is 1. The third-order valence-electron chi connectivity index (χ3n) is 1.90. The minimum atomic E-state index is -4.23. The van der Waals surface area contributed by atoms with Crippen LogP contribution in [0.15, 0.2) is 12.4 Å². The van der Waals surface area contributed by atoms with E-state index in [1.807, 2.05) is 0 Å². The molecule has 5 nitrogen and oxygen atoms in total. The number of aryl methyl sites for hydroxylation is 1. The van der Waals surface area contributed by atoms with Gasteiger partial charge in [-0.15, -0.1) is 0 Å². The number of rotatable bonds is 3. The van der Waals surface area contributed by atoms with Crippen molar-refractivity contribution in [1.29, 1.82) is 0 Å². The Balaban J connectivity index is 2.49. The summed E-state index contributed by atoms with van der Waals surface area (Å²) in [6.07, 6.45) is -3.30. The Labute approximate surface area is 108 Å². The fourth-order valence-electron chi connectivity index (χ4n) is 1.21. The summed E-state index contributed by atoms with van der Waals surface area (Å²) in [5.41, 5.74) is -0.354. The Morgan fingerprint density at radius 3 is 2.58 bits per heavy atom. The van der Waals surface area contributed by atoms with Crippen LogP contribution in [0.2, 0.25) is 0 Å². The van der Waals surface area contributed by atoms with Gasteiger partial charge in [0, 0.05) is 12.7 Å². The average Bonchev–Trinajstić information content (AvgIpc) is 2.58. The Morgan fingerprint density at radius 2 is 2.05 bits per heavy atom. The summed E-state index contributed by atoms with van der Waals surface area (Å²) in [6.45, 7) is 4.83. The number of carbonyl (C=O) groups is 1. The molecule has 1 amide bonds. The van der Waals surface area contributed by atoms with Crippen LogP contribution in [-0.4, -0.2) is 27.7 Å². The van der Waals surface area contributed by atoms with Crippen LogP contribution >= 0.6 is 0 Å². The first-order valence-electron chi connectivity index (χ1n) is 5.64. The van der Waals surface area contributed by atoms with Gasteiger partial charge in [0.1, 0.15) is 5.60 Å². The van der Waals surface area contributed by atoms with E-state index in [2.05, 4.69) is 10.4 Å². The standard InChI is InChI=1S/C11H16F3N3O2/c1-10(2,3)19-9(18)16-8-6-15-17(7-8)5-4-11(12,13)14/h6-7H,4-5H2,1-3H3,(H,16,18). The molecule has 1 N–H and O–H groups in total. The Morgan fingerprint density at radius 1 is 1.42 bits per heavy atom. The maximum absolute atomic E-state index is 12.0. The summed E-state index contributed by atoms with van der Waals surface area (Å²) in [6, 6.07) is 0. The van der Waals surface area contributed by atoms with Gasteiger partial charge >= 0.3 is 12.3 Å². The van der Waals surface area contributed by atoms with Gasteiger partial charge in [0.2, 0.25) is 0 Å². The molecular formula is C11H16F3N3O2. The van der Waals surface area contributed by atoms with Crippen molar-refractivity contribution in [2.45, 2.75) is 45.5 Å². The highest BCUT2D eigenvalue weighted by Crippen LogP contribution is 2.20. The fourth-order valence-corrected chi connectivity index (χ4v) is 1.21. The molecule has 0 radical (unpaired) electrons. The first-order chi connectivity index (χ1) is 8.55. The second-order valence-corrected chi connectivity index (χ2v) is 4.98. The second kappa shape index (κ2) is 5.50. The van der Waals surface area contributed by atoms with Crippen molar-refractivity contribution >= 4 is 11.8 Å². The van der Waals surface area contributed by atoms with E-state index in [1.54, 1.807) is 20.8 Å². The van der Waals surface area contributed by atoms with E-state index in [-0.39, 0.29) is 12.2 Å². The molecule has 0 saturated heterocycles. The number of hydrogen-bond acceptors (Lipinski definition) is 3. The van der Waals surface area contributed by atoms with Gasteiger partial charge in [-0.1, -0.05) is 0 Å². The van der Waals surface area contributed by atoms with Crippen molar-refractivity contribution in [2.75, 3.05) is 5.32 Å². The number of amides is 1. The van der Waals surface area contributed by atoms with Gasteiger partial charge in [-0.25, -0.2) is 4.79 Å². The molecule has 1 heterocycles. The second-order valence-electron chi connectivity index (χ2n) is 4.98. The first kappa shape index (κ1) is 15.3. The van der Waals surface area contributed by atoms with Gasteiger partial charge in [0.05, 0.1) is 18.3 Å². The highest BCUT2D eigenvalue weighted by Gasteiger charge is 2.26. The lowest BCUT2D eigenvalue weighted by Crippen LogP contribution is -2.27. The van der Waals surface area contributed by atoms with E-state index in [0.717, 1.165) is 4.68 Å². The molecule has 0 aliphatic heterocycles. The Kier molecular flexibility index (Phi) is 4.43. The van der Waals surface area contributed by atoms with Gasteiger partial charge in [0.25, 0.3) is 0 Å². The summed E-state index contributed by atoms with van der Waals surface area (Å²) in [7, 11) is 0. The third-order valence-corrected chi connectivity index (χ3v) is 1.90. The summed E-state index contributed by atoms with van der Waals surface area (Å²) < 4.78 is 42.1. The predicted molar refractivity (Wildman–Crippen MR) is 62.8 cm³/mol. The number of hydrogen-bond donors (Lipinski definition) is 1. The molecule has 8 heteroatoms. The van der Waals surface area contributed by atoms with E-state index in [4.69, 9.17) is 4.74 Å². The normalized spacial score (nSPS) is 12.3. The van der Waals surface area contributed by atoms with Crippen LogP contribution in [0.5, 0.6) is 0 Å². The molecular weight excluding hydrogens is 263 g/mol. The molecule has 0 bridgehead atoms. The molecule has 19 heavy (non-hydrogen) atoms. The van der Waals surface area contributed by atoms with Crippen LogP contribution in [0, 0.1) is 0 Å². The molecule has 0 fully saturated rings. The molecule has 108 valence electrons. The van der Waals surface area contributed by atoms with Crippen molar-refractivity contribution in [3.63, 3.8) is 0 Å². The summed E-state index contributed by atoms with van der Waals surface area (Å²) in [5, 5.41) is 6.11. The number of halogens is 3. The van der Waals surface area contributed by atoms with E-state index >= 15 is 0 Å². The van der Waals surface area contributed by atoms with Crippen LogP contribution < -0.4 is 5.32 Å². The lowest BCUT2D eigenvalue weighted by atomic mass is 10.2. The van der Waals surface area contributed by atoms with Crippen molar-refractivity contribution in [1.82, 2.24) is 9.78 Å². The summed E-state index contributed by atoms with van der Waals surface area (Å²) in [5.74, 6) is 0. The van der Waals surface area contributed by atoms with Crippen LogP contribution in [0.4, 0.5) is 23.7 Å². The largest absolute Gasteiger partial charge is 0.444 e. The Hall–Kier alpha value is -1.73. The number of anilines is 1. The monoisotopic (exact) mass is 279 g/mol.